The van der Waals surface area contributed by atoms with E-state index in [9.17, 15) is 14.0 Å². The van der Waals surface area contributed by atoms with Gasteiger partial charge in [-0.25, -0.2) is 4.39 Å². The topological polar surface area (TPSA) is 81.2 Å². The molecular formula is C24H21FN4O2. The third-order valence-electron chi connectivity index (χ3n) is 5.20. The van der Waals surface area contributed by atoms with Crippen LogP contribution in [0.5, 0.6) is 0 Å². The van der Waals surface area contributed by atoms with Crippen LogP contribution in [0.3, 0.4) is 0 Å². The Hall–Kier alpha value is -4.00. The van der Waals surface area contributed by atoms with Crippen molar-refractivity contribution in [2.45, 2.75) is 13.5 Å². The molecule has 0 saturated carbocycles. The smallest absolute Gasteiger partial charge is 0.254 e. The zero-order chi connectivity index (χ0) is 22.0. The van der Waals surface area contributed by atoms with Crippen molar-refractivity contribution in [3.8, 4) is 5.69 Å². The molecule has 0 spiro atoms. The van der Waals surface area contributed by atoms with E-state index >= 15 is 0 Å². The average molecular weight is 416 g/mol. The molecule has 31 heavy (non-hydrogen) atoms. The van der Waals surface area contributed by atoms with Crippen molar-refractivity contribution in [1.29, 1.82) is 0 Å². The van der Waals surface area contributed by atoms with Crippen molar-refractivity contribution in [3.63, 3.8) is 0 Å². The first-order valence-corrected chi connectivity index (χ1v) is 9.87. The van der Waals surface area contributed by atoms with Gasteiger partial charge in [-0.05, 0) is 61.0 Å². The Kier molecular flexibility index (Phi) is 5.49. The average Bonchev–Trinajstić information content (AvgIpc) is 2.79. The Labute approximate surface area is 178 Å². The molecule has 0 atom stereocenters. The number of nitrogens with two attached hydrogens (primary N) is 1. The SMILES string of the molecule is CCN(Cc1cccnc1)c1ccc2c(c1)c(=O)c(C(N)=O)cn2-c1ccc(F)cc1. The molecule has 2 heterocycles. The summed E-state index contributed by atoms with van der Waals surface area (Å²) >= 11 is 0. The van der Waals surface area contributed by atoms with Gasteiger partial charge in [0.05, 0.1) is 5.52 Å². The number of aromatic nitrogens is 2. The number of primary amides is 1. The van der Waals surface area contributed by atoms with Crippen molar-refractivity contribution in [2.75, 3.05) is 11.4 Å². The van der Waals surface area contributed by atoms with Crippen LogP contribution in [-0.2, 0) is 6.54 Å². The molecule has 0 radical (unpaired) electrons. The monoisotopic (exact) mass is 416 g/mol. The predicted molar refractivity (Wildman–Crippen MR) is 119 cm³/mol. The highest BCUT2D eigenvalue weighted by Gasteiger charge is 2.16. The molecule has 0 aliphatic rings. The summed E-state index contributed by atoms with van der Waals surface area (Å²) in [6, 6.07) is 15.2. The highest BCUT2D eigenvalue weighted by molar-refractivity contribution is 5.97. The molecule has 4 aromatic rings. The summed E-state index contributed by atoms with van der Waals surface area (Å²) in [6.45, 7) is 3.36. The van der Waals surface area contributed by atoms with Gasteiger partial charge in [0, 0.05) is 48.4 Å². The van der Waals surface area contributed by atoms with Crippen molar-refractivity contribution in [2.24, 2.45) is 5.73 Å². The quantitative estimate of drug-likeness (QED) is 0.520. The lowest BCUT2D eigenvalue weighted by atomic mass is 10.1. The van der Waals surface area contributed by atoms with E-state index in [2.05, 4.69) is 9.88 Å². The lowest BCUT2D eigenvalue weighted by molar-refractivity contribution is 0.0999. The first-order chi connectivity index (χ1) is 15.0. The van der Waals surface area contributed by atoms with E-state index in [4.69, 9.17) is 5.73 Å². The lowest BCUT2D eigenvalue weighted by Gasteiger charge is -2.24. The van der Waals surface area contributed by atoms with Crippen LogP contribution in [-0.4, -0.2) is 22.0 Å². The molecule has 0 bridgehead atoms. The fourth-order valence-electron chi connectivity index (χ4n) is 3.60. The molecule has 0 unspecified atom stereocenters. The molecule has 6 nitrogen and oxygen atoms in total. The standard InChI is InChI=1S/C24H21FN4O2/c1-2-28(14-16-4-3-11-27-13-16)19-9-10-22-20(12-19)23(30)21(24(26)31)15-29(22)18-7-5-17(25)6-8-18/h3-13,15H,2,14H2,1H3,(H2,26,31). The second-order valence-corrected chi connectivity index (χ2v) is 7.16. The van der Waals surface area contributed by atoms with Gasteiger partial charge in [-0.1, -0.05) is 6.07 Å². The molecule has 4 rings (SSSR count). The van der Waals surface area contributed by atoms with Crippen molar-refractivity contribution in [3.05, 3.63) is 100 Å². The van der Waals surface area contributed by atoms with E-state index in [0.717, 1.165) is 11.3 Å². The third-order valence-corrected chi connectivity index (χ3v) is 5.20. The van der Waals surface area contributed by atoms with Gasteiger partial charge in [-0.15, -0.1) is 0 Å². The summed E-state index contributed by atoms with van der Waals surface area (Å²) in [4.78, 5) is 31.2. The molecule has 0 saturated heterocycles. The highest BCUT2D eigenvalue weighted by Crippen LogP contribution is 2.24. The zero-order valence-corrected chi connectivity index (χ0v) is 17.0. The summed E-state index contributed by atoms with van der Waals surface area (Å²) in [7, 11) is 0. The van der Waals surface area contributed by atoms with E-state index in [1.54, 1.807) is 35.2 Å². The van der Waals surface area contributed by atoms with Crippen LogP contribution in [0, 0.1) is 5.82 Å². The number of hydrogen-bond donors (Lipinski definition) is 1. The highest BCUT2D eigenvalue weighted by atomic mass is 19.1. The number of rotatable bonds is 6. The third kappa shape index (κ3) is 4.02. The van der Waals surface area contributed by atoms with Crippen molar-refractivity contribution in [1.82, 2.24) is 9.55 Å². The Morgan fingerprint density at radius 2 is 1.94 bits per heavy atom. The van der Waals surface area contributed by atoms with Gasteiger partial charge >= 0.3 is 0 Å². The number of hydrogen-bond acceptors (Lipinski definition) is 4. The van der Waals surface area contributed by atoms with E-state index in [-0.39, 0.29) is 11.4 Å². The number of amides is 1. The summed E-state index contributed by atoms with van der Waals surface area (Å²) in [6.07, 6.45) is 4.93. The van der Waals surface area contributed by atoms with Gasteiger partial charge in [0.15, 0.2) is 0 Å². The molecule has 0 fully saturated rings. The molecule has 2 aromatic heterocycles. The van der Waals surface area contributed by atoms with Gasteiger partial charge < -0.3 is 15.2 Å². The van der Waals surface area contributed by atoms with E-state index < -0.39 is 11.3 Å². The Morgan fingerprint density at radius 1 is 1.16 bits per heavy atom. The number of carbonyl (C=O) groups is 1. The molecule has 0 aliphatic carbocycles. The largest absolute Gasteiger partial charge is 0.367 e. The minimum atomic E-state index is -0.809. The number of anilines is 1. The molecule has 0 aliphatic heterocycles. The molecule has 2 N–H and O–H groups in total. The van der Waals surface area contributed by atoms with Crippen molar-refractivity contribution < 1.29 is 9.18 Å². The number of nitrogens with zero attached hydrogens (tertiary/aromatic N) is 3. The number of pyridine rings is 2. The zero-order valence-electron chi connectivity index (χ0n) is 17.0. The fourth-order valence-corrected chi connectivity index (χ4v) is 3.60. The van der Waals surface area contributed by atoms with Gasteiger partial charge in [-0.2, -0.15) is 0 Å². The Morgan fingerprint density at radius 3 is 2.58 bits per heavy atom. The minimum absolute atomic E-state index is 0.121. The van der Waals surface area contributed by atoms with Crippen LogP contribution >= 0.6 is 0 Å². The number of carbonyl (C=O) groups excluding carboxylic acids is 1. The predicted octanol–water partition coefficient (Wildman–Crippen LogP) is 3.65. The van der Waals surface area contributed by atoms with Crippen LogP contribution in [0.25, 0.3) is 16.6 Å². The fraction of sp³-hybridized carbons (Fsp3) is 0.125. The first-order valence-electron chi connectivity index (χ1n) is 9.87. The van der Waals surface area contributed by atoms with Gasteiger partial charge in [0.25, 0.3) is 5.91 Å². The second-order valence-electron chi connectivity index (χ2n) is 7.16. The summed E-state index contributed by atoms with van der Waals surface area (Å²) < 4.78 is 15.1. The number of halogens is 1. The van der Waals surface area contributed by atoms with Gasteiger partial charge in [0.1, 0.15) is 11.4 Å². The van der Waals surface area contributed by atoms with Crippen LogP contribution < -0.4 is 16.1 Å². The second kappa shape index (κ2) is 8.39. The van der Waals surface area contributed by atoms with Gasteiger partial charge in [-0.3, -0.25) is 14.6 Å². The molecule has 7 heteroatoms. The molecule has 1 amide bonds. The lowest BCUT2D eigenvalue weighted by Crippen LogP contribution is -2.25. The van der Waals surface area contributed by atoms with E-state index in [1.165, 1.54) is 18.3 Å². The summed E-state index contributed by atoms with van der Waals surface area (Å²) in [5.41, 5.74) is 8.01. The first kappa shape index (κ1) is 20.3. The number of fused-ring (bicyclic) bond motifs is 1. The maximum absolute atomic E-state index is 13.4. The van der Waals surface area contributed by atoms with E-state index in [0.29, 0.717) is 29.7 Å². The van der Waals surface area contributed by atoms with Gasteiger partial charge in [0.2, 0.25) is 5.43 Å². The maximum Gasteiger partial charge on any atom is 0.254 e. The van der Waals surface area contributed by atoms with Crippen LogP contribution in [0.4, 0.5) is 10.1 Å². The van der Waals surface area contributed by atoms with Crippen molar-refractivity contribution >= 4 is 22.5 Å². The van der Waals surface area contributed by atoms with E-state index in [1.807, 2.05) is 31.2 Å². The molecular weight excluding hydrogens is 395 g/mol. The van der Waals surface area contributed by atoms with Crippen LogP contribution in [0.15, 0.2) is 78.0 Å². The Bertz CT molecular complexity index is 1300. The normalized spacial score (nSPS) is 10.9. The summed E-state index contributed by atoms with van der Waals surface area (Å²) in [5, 5.41) is 0.364. The van der Waals surface area contributed by atoms with Crippen LogP contribution in [0.1, 0.15) is 22.8 Å². The maximum atomic E-state index is 13.4. The minimum Gasteiger partial charge on any atom is -0.367 e. The summed E-state index contributed by atoms with van der Waals surface area (Å²) in [5.74, 6) is -1.18. The Balaban J connectivity index is 1.88. The molecule has 2 aromatic carbocycles. The number of benzene rings is 2. The molecule has 156 valence electrons. The van der Waals surface area contributed by atoms with Crippen LogP contribution in [0.2, 0.25) is 0 Å².